The van der Waals surface area contributed by atoms with Gasteiger partial charge in [0.1, 0.15) is 0 Å². The summed E-state index contributed by atoms with van der Waals surface area (Å²) < 4.78 is 0. The van der Waals surface area contributed by atoms with Crippen LogP contribution < -0.4 is 0 Å². The van der Waals surface area contributed by atoms with Crippen molar-refractivity contribution in [1.82, 2.24) is 0 Å². The molecule has 0 aliphatic heterocycles. The molecule has 0 aromatic heterocycles. The van der Waals surface area contributed by atoms with Gasteiger partial charge >= 0.3 is 0 Å². The maximum absolute atomic E-state index is 10.5. The molecule has 1 aliphatic carbocycles. The van der Waals surface area contributed by atoms with Crippen molar-refractivity contribution in [3.05, 3.63) is 35.9 Å². The zero-order valence-corrected chi connectivity index (χ0v) is 10.9. The van der Waals surface area contributed by atoms with Crippen LogP contribution in [0, 0.1) is 5.92 Å². The molecule has 1 aliphatic rings. The largest absolute Gasteiger partial charge is 0.385 e. The third-order valence-electron chi connectivity index (χ3n) is 4.03. The summed E-state index contributed by atoms with van der Waals surface area (Å²) in [4.78, 5) is 0. The molecular formula is C16H24O. The van der Waals surface area contributed by atoms with E-state index in [1.807, 2.05) is 30.3 Å². The first kappa shape index (κ1) is 12.6. The molecule has 0 radical (unpaired) electrons. The number of aliphatic hydroxyl groups is 1. The summed E-state index contributed by atoms with van der Waals surface area (Å²) in [6.07, 6.45) is 8.58. The molecule has 0 unspecified atom stereocenters. The average Bonchev–Trinajstić information content (AvgIpc) is 2.33. The fourth-order valence-corrected chi connectivity index (χ4v) is 2.94. The molecule has 94 valence electrons. The molecule has 1 saturated carbocycles. The summed E-state index contributed by atoms with van der Waals surface area (Å²) in [5, 5.41) is 10.5. The molecule has 0 saturated heterocycles. The fraction of sp³-hybridized carbons (Fsp3) is 0.625. The van der Waals surface area contributed by atoms with Gasteiger partial charge in [-0.2, -0.15) is 0 Å². The summed E-state index contributed by atoms with van der Waals surface area (Å²) in [5.74, 6) is 0.747. The van der Waals surface area contributed by atoms with Gasteiger partial charge in [0.2, 0.25) is 0 Å². The van der Waals surface area contributed by atoms with E-state index in [1.165, 1.54) is 32.1 Å². The molecule has 1 fully saturated rings. The van der Waals surface area contributed by atoms with Crippen LogP contribution in [-0.2, 0) is 5.60 Å². The Balaban J connectivity index is 1.74. The highest BCUT2D eigenvalue weighted by Gasteiger charge is 2.43. The van der Waals surface area contributed by atoms with Gasteiger partial charge in [0, 0.05) is 0 Å². The number of hydrogen-bond donors (Lipinski definition) is 1. The lowest BCUT2D eigenvalue weighted by Crippen LogP contribution is -2.41. The highest BCUT2D eigenvalue weighted by Crippen LogP contribution is 2.47. The fourth-order valence-electron chi connectivity index (χ4n) is 2.94. The smallest absolute Gasteiger partial charge is 0.0901 e. The molecule has 1 aromatic carbocycles. The maximum Gasteiger partial charge on any atom is 0.0901 e. The molecule has 2 rings (SSSR count). The molecular weight excluding hydrogens is 208 g/mol. The molecule has 0 atom stereocenters. The summed E-state index contributed by atoms with van der Waals surface area (Å²) in [7, 11) is 0. The zero-order valence-electron chi connectivity index (χ0n) is 10.9. The molecule has 0 bridgehead atoms. The highest BCUT2D eigenvalue weighted by molar-refractivity contribution is 5.25. The van der Waals surface area contributed by atoms with Gasteiger partial charge in [-0.15, -0.1) is 0 Å². The van der Waals surface area contributed by atoms with E-state index in [0.717, 1.165) is 24.3 Å². The molecule has 1 nitrogen and oxygen atoms in total. The lowest BCUT2D eigenvalue weighted by molar-refractivity contribution is -0.0825. The Morgan fingerprint density at radius 3 is 2.47 bits per heavy atom. The first-order chi connectivity index (χ1) is 8.24. The second-order valence-electron chi connectivity index (χ2n) is 5.52. The van der Waals surface area contributed by atoms with Crippen LogP contribution in [0.15, 0.2) is 30.3 Å². The van der Waals surface area contributed by atoms with Crippen LogP contribution in [0.3, 0.4) is 0 Å². The molecule has 17 heavy (non-hydrogen) atoms. The van der Waals surface area contributed by atoms with Crippen molar-refractivity contribution in [3.63, 3.8) is 0 Å². The van der Waals surface area contributed by atoms with Crippen molar-refractivity contribution < 1.29 is 5.11 Å². The third-order valence-corrected chi connectivity index (χ3v) is 4.03. The van der Waals surface area contributed by atoms with Crippen molar-refractivity contribution >= 4 is 0 Å². The van der Waals surface area contributed by atoms with Crippen molar-refractivity contribution in [1.29, 1.82) is 0 Å². The standard InChI is InChI=1S/C16H24O/c1-2-3-4-6-9-14-12-16(17,13-14)15-10-7-5-8-11-15/h5,7-8,10-11,14,17H,2-4,6,9,12-13H2,1H3. The Bertz CT molecular complexity index is 325. The van der Waals surface area contributed by atoms with Crippen LogP contribution in [0.1, 0.15) is 57.4 Å². The van der Waals surface area contributed by atoms with Crippen molar-refractivity contribution in [3.8, 4) is 0 Å². The monoisotopic (exact) mass is 232 g/mol. The Morgan fingerprint density at radius 1 is 1.12 bits per heavy atom. The Kier molecular flexibility index (Phi) is 4.22. The van der Waals surface area contributed by atoms with E-state index in [9.17, 15) is 5.11 Å². The van der Waals surface area contributed by atoms with Crippen LogP contribution in [-0.4, -0.2) is 5.11 Å². The van der Waals surface area contributed by atoms with E-state index in [1.54, 1.807) is 0 Å². The normalized spacial score (nSPS) is 27.8. The summed E-state index contributed by atoms with van der Waals surface area (Å²) in [5.41, 5.74) is 0.584. The van der Waals surface area contributed by atoms with Crippen LogP contribution in [0.2, 0.25) is 0 Å². The van der Waals surface area contributed by atoms with Gasteiger partial charge in [-0.1, -0.05) is 69.4 Å². The highest BCUT2D eigenvalue weighted by atomic mass is 16.3. The predicted molar refractivity (Wildman–Crippen MR) is 71.8 cm³/mol. The van der Waals surface area contributed by atoms with Crippen LogP contribution in [0.25, 0.3) is 0 Å². The topological polar surface area (TPSA) is 20.2 Å². The minimum atomic E-state index is -0.517. The first-order valence-electron chi connectivity index (χ1n) is 7.02. The van der Waals surface area contributed by atoms with Crippen molar-refractivity contribution in [2.75, 3.05) is 0 Å². The lowest BCUT2D eigenvalue weighted by atomic mass is 9.66. The summed E-state index contributed by atoms with van der Waals surface area (Å²) in [6.45, 7) is 2.25. The van der Waals surface area contributed by atoms with Gasteiger partial charge in [0.25, 0.3) is 0 Å². The van der Waals surface area contributed by atoms with Gasteiger partial charge in [-0.3, -0.25) is 0 Å². The average molecular weight is 232 g/mol. The summed E-state index contributed by atoms with van der Waals surface area (Å²) in [6, 6.07) is 10.1. The second kappa shape index (κ2) is 5.68. The molecule has 0 amide bonds. The Labute approximate surface area is 105 Å². The number of benzene rings is 1. The van der Waals surface area contributed by atoms with Crippen LogP contribution in [0.4, 0.5) is 0 Å². The van der Waals surface area contributed by atoms with Gasteiger partial charge in [-0.25, -0.2) is 0 Å². The third kappa shape index (κ3) is 3.10. The second-order valence-corrected chi connectivity index (χ2v) is 5.52. The number of rotatable bonds is 6. The van der Waals surface area contributed by atoms with E-state index in [4.69, 9.17) is 0 Å². The lowest BCUT2D eigenvalue weighted by Gasteiger charge is -2.44. The maximum atomic E-state index is 10.5. The molecule has 0 heterocycles. The van der Waals surface area contributed by atoms with E-state index in [2.05, 4.69) is 6.92 Å². The van der Waals surface area contributed by atoms with Crippen LogP contribution in [0.5, 0.6) is 0 Å². The van der Waals surface area contributed by atoms with Gasteiger partial charge in [-0.05, 0) is 24.3 Å². The van der Waals surface area contributed by atoms with Crippen LogP contribution >= 0.6 is 0 Å². The molecule has 1 N–H and O–H groups in total. The van der Waals surface area contributed by atoms with Gasteiger partial charge in [0.15, 0.2) is 0 Å². The Hall–Kier alpha value is -0.820. The van der Waals surface area contributed by atoms with E-state index in [-0.39, 0.29) is 0 Å². The Morgan fingerprint density at radius 2 is 1.82 bits per heavy atom. The SMILES string of the molecule is CCCCCCC1CC(O)(c2ccccc2)C1. The molecule has 1 heteroatoms. The minimum Gasteiger partial charge on any atom is -0.385 e. The summed E-state index contributed by atoms with van der Waals surface area (Å²) >= 11 is 0. The van der Waals surface area contributed by atoms with Gasteiger partial charge in [0.05, 0.1) is 5.60 Å². The molecule has 0 spiro atoms. The van der Waals surface area contributed by atoms with Gasteiger partial charge < -0.3 is 5.11 Å². The zero-order chi connectivity index (χ0) is 12.1. The predicted octanol–water partition coefficient (Wildman–Crippen LogP) is 4.25. The van der Waals surface area contributed by atoms with E-state index < -0.39 is 5.60 Å². The number of unbranched alkanes of at least 4 members (excludes halogenated alkanes) is 3. The number of hydrogen-bond acceptors (Lipinski definition) is 1. The van der Waals surface area contributed by atoms with Crippen molar-refractivity contribution in [2.24, 2.45) is 5.92 Å². The van der Waals surface area contributed by atoms with Crippen molar-refractivity contribution in [2.45, 2.75) is 57.5 Å². The molecule has 1 aromatic rings. The quantitative estimate of drug-likeness (QED) is 0.727. The van der Waals surface area contributed by atoms with E-state index >= 15 is 0 Å². The minimum absolute atomic E-state index is 0.517. The van der Waals surface area contributed by atoms with E-state index in [0.29, 0.717) is 0 Å². The first-order valence-corrected chi connectivity index (χ1v) is 7.02.